The molecule has 0 atom stereocenters. The van der Waals surface area contributed by atoms with Crippen molar-refractivity contribution in [3.05, 3.63) is 88.5 Å². The van der Waals surface area contributed by atoms with Gasteiger partial charge in [-0.1, -0.05) is 18.2 Å². The fourth-order valence-electron chi connectivity index (χ4n) is 2.64. The molecular weight excluding hydrogens is 410 g/mol. The van der Waals surface area contributed by atoms with Crippen LogP contribution in [0.5, 0.6) is 11.5 Å². The van der Waals surface area contributed by atoms with Gasteiger partial charge in [0.05, 0.1) is 15.5 Å². The molecule has 0 aliphatic carbocycles. The third-order valence-electron chi connectivity index (χ3n) is 4.27. The van der Waals surface area contributed by atoms with Crippen molar-refractivity contribution in [3.8, 4) is 11.5 Å². The molecule has 0 radical (unpaired) electrons. The smallest absolute Gasteiger partial charge is 0.312 e. The van der Waals surface area contributed by atoms with E-state index in [-0.39, 0.29) is 22.0 Å². The van der Waals surface area contributed by atoms with E-state index < -0.39 is 26.5 Å². The normalized spacial score (nSPS) is 11.0. The van der Waals surface area contributed by atoms with Gasteiger partial charge in [-0.3, -0.25) is 19.2 Å². The summed E-state index contributed by atoms with van der Waals surface area (Å²) in [6, 6.07) is 17.6. The quantitative estimate of drug-likeness (QED) is 0.454. The molecule has 30 heavy (non-hydrogen) atoms. The highest BCUT2D eigenvalue weighted by atomic mass is 32.2. The van der Waals surface area contributed by atoms with E-state index in [0.717, 1.165) is 10.4 Å². The lowest BCUT2D eigenvalue weighted by molar-refractivity contribution is -0.385. The lowest BCUT2D eigenvalue weighted by Gasteiger charge is -2.19. The Morgan fingerprint density at radius 3 is 2.23 bits per heavy atom. The van der Waals surface area contributed by atoms with Crippen molar-refractivity contribution in [1.29, 1.82) is 0 Å². The number of carbonyl (C=O) groups is 1. The van der Waals surface area contributed by atoms with Gasteiger partial charge in [0.15, 0.2) is 0 Å². The molecule has 3 aromatic rings. The van der Waals surface area contributed by atoms with E-state index >= 15 is 0 Å². The second kappa shape index (κ2) is 8.21. The number of nitrogens with zero attached hydrogens (tertiary/aromatic N) is 2. The number of sulfonamides is 1. The van der Waals surface area contributed by atoms with Gasteiger partial charge in [0.25, 0.3) is 10.0 Å². The fraction of sp³-hybridized carbons (Fsp3) is 0.0500. The van der Waals surface area contributed by atoms with Crippen LogP contribution in [-0.4, -0.2) is 26.3 Å². The van der Waals surface area contributed by atoms with Gasteiger partial charge in [0.1, 0.15) is 5.75 Å². The number of amides is 1. The van der Waals surface area contributed by atoms with E-state index in [1.165, 1.54) is 55.6 Å². The van der Waals surface area contributed by atoms with Crippen LogP contribution >= 0.6 is 0 Å². The Morgan fingerprint density at radius 1 is 1.03 bits per heavy atom. The number of hydrogen-bond donors (Lipinski definition) is 1. The lowest BCUT2D eigenvalue weighted by atomic mass is 10.2. The maximum absolute atomic E-state index is 12.7. The number of ether oxygens (including phenoxy) is 1. The van der Waals surface area contributed by atoms with Crippen LogP contribution in [0.15, 0.2) is 77.7 Å². The topological polar surface area (TPSA) is 133 Å². The molecular formula is C20H17N3O6S. The minimum absolute atomic E-state index is 0.0165. The molecule has 1 amide bonds. The zero-order valence-corrected chi connectivity index (χ0v) is 16.6. The number of nitrogens with two attached hydrogens (primary N) is 1. The van der Waals surface area contributed by atoms with Crippen LogP contribution in [0.4, 0.5) is 11.4 Å². The Kier molecular flexibility index (Phi) is 5.70. The summed E-state index contributed by atoms with van der Waals surface area (Å²) in [5.74, 6) is -0.626. The van der Waals surface area contributed by atoms with Crippen LogP contribution in [0.2, 0.25) is 0 Å². The standard InChI is InChI=1S/C20H17N3O6S/c1-22(30(27,28)17-5-3-2-4-6-17)15-8-10-16(11-9-15)29-19-12-7-14(20(21)24)13-18(19)23(25)26/h2-13H,1H3,(H2,21,24). The van der Waals surface area contributed by atoms with E-state index in [4.69, 9.17) is 10.5 Å². The van der Waals surface area contributed by atoms with Crippen molar-refractivity contribution in [2.45, 2.75) is 4.90 Å². The minimum Gasteiger partial charge on any atom is -0.450 e. The first-order chi connectivity index (χ1) is 14.2. The second-order valence-corrected chi connectivity index (χ2v) is 8.15. The Hall–Kier alpha value is -3.92. The van der Waals surface area contributed by atoms with Gasteiger partial charge in [-0.2, -0.15) is 0 Å². The summed E-state index contributed by atoms with van der Waals surface area (Å²) in [6.45, 7) is 0. The summed E-state index contributed by atoms with van der Waals surface area (Å²) in [5.41, 5.74) is 5.10. The van der Waals surface area contributed by atoms with Crippen LogP contribution in [0.1, 0.15) is 10.4 Å². The number of anilines is 1. The molecule has 0 saturated carbocycles. The molecule has 10 heteroatoms. The van der Waals surface area contributed by atoms with Crippen LogP contribution in [-0.2, 0) is 10.0 Å². The van der Waals surface area contributed by atoms with Crippen molar-refractivity contribution < 1.29 is 22.9 Å². The number of nitro benzene ring substituents is 1. The third-order valence-corrected chi connectivity index (χ3v) is 6.07. The summed E-state index contributed by atoms with van der Waals surface area (Å²) >= 11 is 0. The van der Waals surface area contributed by atoms with Crippen molar-refractivity contribution >= 4 is 27.3 Å². The number of rotatable bonds is 7. The molecule has 2 N–H and O–H groups in total. The number of nitro groups is 1. The van der Waals surface area contributed by atoms with Gasteiger partial charge in [-0.15, -0.1) is 0 Å². The number of hydrogen-bond acceptors (Lipinski definition) is 6. The van der Waals surface area contributed by atoms with Crippen molar-refractivity contribution in [3.63, 3.8) is 0 Å². The molecule has 9 nitrogen and oxygen atoms in total. The summed E-state index contributed by atoms with van der Waals surface area (Å²) in [4.78, 5) is 22.0. The second-order valence-electron chi connectivity index (χ2n) is 6.19. The zero-order chi connectivity index (χ0) is 21.9. The molecule has 3 aromatic carbocycles. The molecule has 3 rings (SSSR count). The molecule has 0 heterocycles. The monoisotopic (exact) mass is 427 g/mol. The predicted octanol–water partition coefficient (Wildman–Crippen LogP) is 3.31. The summed E-state index contributed by atoms with van der Waals surface area (Å²) < 4.78 is 32.1. The number of benzene rings is 3. The maximum Gasteiger partial charge on any atom is 0.312 e. The first-order valence-electron chi connectivity index (χ1n) is 8.60. The zero-order valence-electron chi connectivity index (χ0n) is 15.8. The first-order valence-corrected chi connectivity index (χ1v) is 10.0. The molecule has 0 aliphatic heterocycles. The SMILES string of the molecule is CN(c1ccc(Oc2ccc(C(N)=O)cc2[N+](=O)[O-])cc1)S(=O)(=O)c1ccccc1. The highest BCUT2D eigenvalue weighted by Crippen LogP contribution is 2.33. The lowest BCUT2D eigenvalue weighted by Crippen LogP contribution is -2.26. The van der Waals surface area contributed by atoms with Crippen LogP contribution in [0.3, 0.4) is 0 Å². The average Bonchev–Trinajstić information content (AvgIpc) is 2.74. The predicted molar refractivity (Wildman–Crippen MR) is 110 cm³/mol. The van der Waals surface area contributed by atoms with Crippen LogP contribution in [0, 0.1) is 10.1 Å². The van der Waals surface area contributed by atoms with Gasteiger partial charge >= 0.3 is 5.69 Å². The van der Waals surface area contributed by atoms with Gasteiger partial charge in [0, 0.05) is 18.7 Å². The highest BCUT2D eigenvalue weighted by molar-refractivity contribution is 7.92. The molecule has 0 saturated heterocycles. The van der Waals surface area contributed by atoms with Gasteiger partial charge in [0.2, 0.25) is 11.7 Å². The Balaban J connectivity index is 1.85. The fourth-order valence-corrected chi connectivity index (χ4v) is 3.86. The van der Waals surface area contributed by atoms with E-state index in [2.05, 4.69) is 0 Å². The summed E-state index contributed by atoms with van der Waals surface area (Å²) in [7, 11) is -2.31. The molecule has 0 bridgehead atoms. The van der Waals surface area contributed by atoms with E-state index in [0.29, 0.717) is 5.69 Å². The molecule has 0 fully saturated rings. The van der Waals surface area contributed by atoms with Crippen molar-refractivity contribution in [2.24, 2.45) is 5.73 Å². The summed E-state index contributed by atoms with van der Waals surface area (Å²) in [5, 5.41) is 11.3. The van der Waals surface area contributed by atoms with Crippen LogP contribution < -0.4 is 14.8 Å². The molecule has 154 valence electrons. The molecule has 0 unspecified atom stereocenters. The van der Waals surface area contributed by atoms with E-state index in [9.17, 15) is 23.3 Å². The van der Waals surface area contributed by atoms with Gasteiger partial charge in [-0.05, 0) is 48.5 Å². The van der Waals surface area contributed by atoms with E-state index in [1.54, 1.807) is 18.2 Å². The average molecular weight is 427 g/mol. The number of carbonyl (C=O) groups excluding carboxylic acids is 1. The largest absolute Gasteiger partial charge is 0.450 e. The highest BCUT2D eigenvalue weighted by Gasteiger charge is 2.22. The van der Waals surface area contributed by atoms with Gasteiger partial charge < -0.3 is 10.5 Å². The molecule has 0 spiro atoms. The molecule has 0 aliphatic rings. The Labute approximate surface area is 172 Å². The van der Waals surface area contributed by atoms with Crippen molar-refractivity contribution in [2.75, 3.05) is 11.4 Å². The Bertz CT molecular complexity index is 1190. The van der Waals surface area contributed by atoms with Crippen LogP contribution in [0.25, 0.3) is 0 Å². The number of primary amides is 1. The van der Waals surface area contributed by atoms with Gasteiger partial charge in [-0.25, -0.2) is 8.42 Å². The summed E-state index contributed by atoms with van der Waals surface area (Å²) in [6.07, 6.45) is 0. The van der Waals surface area contributed by atoms with E-state index in [1.807, 2.05) is 0 Å². The minimum atomic E-state index is -3.74. The Morgan fingerprint density at radius 2 is 1.67 bits per heavy atom. The van der Waals surface area contributed by atoms with Crippen molar-refractivity contribution in [1.82, 2.24) is 0 Å². The third kappa shape index (κ3) is 4.23. The maximum atomic E-state index is 12.7. The molecule has 0 aromatic heterocycles. The first kappa shape index (κ1) is 20.8.